The Morgan fingerprint density at radius 3 is 2.79 bits per heavy atom. The maximum absolute atomic E-state index is 11.5. The minimum atomic E-state index is 0.160. The van der Waals surface area contributed by atoms with Crippen molar-refractivity contribution in [3.8, 4) is 0 Å². The van der Waals surface area contributed by atoms with Crippen LogP contribution in [0, 0.1) is 5.92 Å². The minimum Gasteiger partial charge on any atom is -0.350 e. The summed E-state index contributed by atoms with van der Waals surface area (Å²) in [6.45, 7) is 4.31. The van der Waals surface area contributed by atoms with Crippen molar-refractivity contribution >= 4 is 23.3 Å². The zero-order valence-corrected chi connectivity index (χ0v) is 11.7. The van der Waals surface area contributed by atoms with Gasteiger partial charge in [0, 0.05) is 26.6 Å². The zero-order chi connectivity index (χ0) is 13.4. The number of carbonyl (C=O) groups is 1. The molecule has 1 aromatic heterocycles. The second-order valence-electron chi connectivity index (χ2n) is 5.28. The molecule has 2 fully saturated rings. The van der Waals surface area contributed by atoms with Gasteiger partial charge in [0.2, 0.25) is 5.91 Å². The minimum absolute atomic E-state index is 0.160. The molecule has 2 atom stereocenters. The third kappa shape index (κ3) is 2.39. The molecule has 0 N–H and O–H groups in total. The van der Waals surface area contributed by atoms with E-state index >= 15 is 0 Å². The summed E-state index contributed by atoms with van der Waals surface area (Å²) in [5.74, 6) is 1.68. The van der Waals surface area contributed by atoms with Gasteiger partial charge in [-0.25, -0.2) is 0 Å². The molecule has 0 aliphatic carbocycles. The van der Waals surface area contributed by atoms with Crippen LogP contribution in [0.4, 0.5) is 5.82 Å². The Morgan fingerprint density at radius 2 is 2.11 bits per heavy atom. The number of anilines is 1. The molecule has 2 aliphatic rings. The largest absolute Gasteiger partial charge is 0.350 e. The first-order valence-electron chi connectivity index (χ1n) is 6.66. The maximum Gasteiger partial charge on any atom is 0.219 e. The van der Waals surface area contributed by atoms with Crippen molar-refractivity contribution in [2.45, 2.75) is 25.8 Å². The Balaban J connectivity index is 1.80. The Hall–Kier alpha value is -1.36. The molecule has 0 saturated carbocycles. The zero-order valence-electron chi connectivity index (χ0n) is 10.9. The van der Waals surface area contributed by atoms with Crippen LogP contribution in [-0.2, 0) is 4.79 Å². The van der Waals surface area contributed by atoms with E-state index in [0.717, 1.165) is 31.9 Å². The van der Waals surface area contributed by atoms with E-state index in [0.29, 0.717) is 17.1 Å². The fourth-order valence-corrected chi connectivity index (χ4v) is 3.27. The third-order valence-electron chi connectivity index (χ3n) is 4.22. The van der Waals surface area contributed by atoms with E-state index in [1.807, 2.05) is 11.0 Å². The molecule has 19 heavy (non-hydrogen) atoms. The van der Waals surface area contributed by atoms with Gasteiger partial charge in [0.15, 0.2) is 11.0 Å². The summed E-state index contributed by atoms with van der Waals surface area (Å²) in [6.07, 6.45) is 2.25. The number of fused-ring (bicyclic) bond motifs is 1. The van der Waals surface area contributed by atoms with Gasteiger partial charge in [0.25, 0.3) is 0 Å². The molecule has 0 bridgehead atoms. The molecule has 0 unspecified atom stereocenters. The molecule has 3 heterocycles. The summed E-state index contributed by atoms with van der Waals surface area (Å²) < 4.78 is 0. The van der Waals surface area contributed by atoms with Crippen LogP contribution < -0.4 is 4.90 Å². The molecule has 102 valence electrons. The van der Waals surface area contributed by atoms with Gasteiger partial charge in [-0.1, -0.05) is 11.6 Å². The number of piperidine rings is 1. The van der Waals surface area contributed by atoms with Crippen LogP contribution in [-0.4, -0.2) is 46.7 Å². The van der Waals surface area contributed by atoms with Gasteiger partial charge in [-0.15, -0.1) is 10.2 Å². The molecule has 6 heteroatoms. The molecule has 2 aliphatic heterocycles. The van der Waals surface area contributed by atoms with Gasteiger partial charge in [-0.3, -0.25) is 4.79 Å². The molecular weight excluding hydrogens is 264 g/mol. The van der Waals surface area contributed by atoms with E-state index in [4.69, 9.17) is 11.6 Å². The summed E-state index contributed by atoms with van der Waals surface area (Å²) >= 11 is 5.78. The molecule has 1 aromatic rings. The topological polar surface area (TPSA) is 49.3 Å². The predicted octanol–water partition coefficient (Wildman–Crippen LogP) is 1.58. The second kappa shape index (κ2) is 4.96. The number of hydrogen-bond acceptors (Lipinski definition) is 4. The van der Waals surface area contributed by atoms with E-state index < -0.39 is 0 Å². The van der Waals surface area contributed by atoms with Gasteiger partial charge >= 0.3 is 0 Å². The number of carbonyl (C=O) groups excluding carboxylic acids is 1. The lowest BCUT2D eigenvalue weighted by atomic mass is 9.92. The molecule has 5 nitrogen and oxygen atoms in total. The Bertz CT molecular complexity index is 478. The standard InChI is InChI=1S/C13H17ClN4O/c1-9(19)17-6-4-10-5-7-18(11(10)8-17)13-3-2-12(14)15-16-13/h2-3,10-11H,4-8H2,1H3/t10-,11-/m0/s1. The van der Waals surface area contributed by atoms with Crippen LogP contribution in [0.5, 0.6) is 0 Å². The Kier molecular flexibility index (Phi) is 3.31. The molecule has 0 aromatic carbocycles. The number of likely N-dealkylation sites (tertiary alicyclic amines) is 1. The average molecular weight is 281 g/mol. The number of aromatic nitrogens is 2. The van der Waals surface area contributed by atoms with Crippen molar-refractivity contribution in [1.82, 2.24) is 15.1 Å². The smallest absolute Gasteiger partial charge is 0.219 e. The summed E-state index contributed by atoms with van der Waals surface area (Å²) in [5, 5.41) is 8.48. The van der Waals surface area contributed by atoms with Gasteiger partial charge in [0.1, 0.15) is 0 Å². The van der Waals surface area contributed by atoms with Crippen LogP contribution in [0.25, 0.3) is 0 Å². The van der Waals surface area contributed by atoms with Crippen molar-refractivity contribution in [2.75, 3.05) is 24.5 Å². The van der Waals surface area contributed by atoms with Crippen molar-refractivity contribution < 1.29 is 4.79 Å². The Labute approximate surface area is 117 Å². The molecule has 2 saturated heterocycles. The number of amides is 1. The van der Waals surface area contributed by atoms with Crippen molar-refractivity contribution in [2.24, 2.45) is 5.92 Å². The van der Waals surface area contributed by atoms with Crippen LogP contribution in [0.2, 0.25) is 5.15 Å². The Morgan fingerprint density at radius 1 is 1.32 bits per heavy atom. The monoisotopic (exact) mass is 280 g/mol. The average Bonchev–Trinajstić information content (AvgIpc) is 2.82. The fourth-order valence-electron chi connectivity index (χ4n) is 3.17. The van der Waals surface area contributed by atoms with E-state index in [-0.39, 0.29) is 5.91 Å². The van der Waals surface area contributed by atoms with E-state index in [1.165, 1.54) is 6.42 Å². The summed E-state index contributed by atoms with van der Waals surface area (Å²) in [4.78, 5) is 15.7. The first kappa shape index (κ1) is 12.7. The first-order valence-corrected chi connectivity index (χ1v) is 7.04. The van der Waals surface area contributed by atoms with Gasteiger partial charge < -0.3 is 9.80 Å². The summed E-state index contributed by atoms with van der Waals surface area (Å²) in [5.41, 5.74) is 0. The van der Waals surface area contributed by atoms with Crippen LogP contribution in [0.3, 0.4) is 0 Å². The first-order chi connectivity index (χ1) is 9.15. The lowest BCUT2D eigenvalue weighted by Gasteiger charge is -2.38. The molecular formula is C13H17ClN4O. The molecule has 0 radical (unpaired) electrons. The maximum atomic E-state index is 11.5. The molecule has 3 rings (SSSR count). The van der Waals surface area contributed by atoms with Crippen LogP contribution >= 0.6 is 11.6 Å². The highest BCUT2D eigenvalue weighted by atomic mass is 35.5. The SMILES string of the molecule is CC(=O)N1CC[C@H]2CCN(c3ccc(Cl)nn3)[C@H]2C1. The highest BCUT2D eigenvalue weighted by molar-refractivity contribution is 6.29. The van der Waals surface area contributed by atoms with Crippen molar-refractivity contribution in [3.63, 3.8) is 0 Å². The lowest BCUT2D eigenvalue weighted by Crippen LogP contribution is -2.49. The normalized spacial score (nSPS) is 26.4. The predicted molar refractivity (Wildman–Crippen MR) is 73.2 cm³/mol. The summed E-state index contributed by atoms with van der Waals surface area (Å²) in [7, 11) is 0. The molecule has 0 spiro atoms. The number of hydrogen-bond donors (Lipinski definition) is 0. The molecule has 1 amide bonds. The van der Waals surface area contributed by atoms with Gasteiger partial charge in [-0.2, -0.15) is 0 Å². The van der Waals surface area contributed by atoms with Gasteiger partial charge in [-0.05, 0) is 30.9 Å². The van der Waals surface area contributed by atoms with Crippen molar-refractivity contribution in [3.05, 3.63) is 17.3 Å². The highest BCUT2D eigenvalue weighted by Crippen LogP contribution is 2.34. The van der Waals surface area contributed by atoms with Crippen molar-refractivity contribution in [1.29, 1.82) is 0 Å². The van der Waals surface area contributed by atoms with E-state index in [9.17, 15) is 4.79 Å². The van der Waals surface area contributed by atoms with E-state index in [2.05, 4.69) is 15.1 Å². The van der Waals surface area contributed by atoms with E-state index in [1.54, 1.807) is 13.0 Å². The number of halogens is 1. The third-order valence-corrected chi connectivity index (χ3v) is 4.42. The van der Waals surface area contributed by atoms with Crippen LogP contribution in [0.15, 0.2) is 12.1 Å². The lowest BCUT2D eigenvalue weighted by molar-refractivity contribution is -0.130. The second-order valence-corrected chi connectivity index (χ2v) is 5.66. The highest BCUT2D eigenvalue weighted by Gasteiger charge is 2.39. The van der Waals surface area contributed by atoms with Gasteiger partial charge in [0.05, 0.1) is 6.04 Å². The van der Waals surface area contributed by atoms with Crippen LogP contribution in [0.1, 0.15) is 19.8 Å². The number of rotatable bonds is 1. The summed E-state index contributed by atoms with van der Waals surface area (Å²) in [6, 6.07) is 4.04. The fraction of sp³-hybridized carbons (Fsp3) is 0.615. The number of nitrogens with zero attached hydrogens (tertiary/aromatic N) is 4. The quantitative estimate of drug-likeness (QED) is 0.784.